The number of allylic oxidation sites excluding steroid dienone is 1. The minimum absolute atomic E-state index is 0.0608. The van der Waals surface area contributed by atoms with Crippen LogP contribution in [0, 0.1) is 0 Å². The van der Waals surface area contributed by atoms with Crippen LogP contribution in [-0.4, -0.2) is 28.0 Å². The molecule has 0 fully saturated rings. The lowest BCUT2D eigenvalue weighted by Crippen LogP contribution is -2.18. The molecule has 2 rings (SSSR count). The lowest BCUT2D eigenvalue weighted by molar-refractivity contribution is -0.0259. The second-order valence-corrected chi connectivity index (χ2v) is 5.74. The summed E-state index contributed by atoms with van der Waals surface area (Å²) < 4.78 is 5.61. The summed E-state index contributed by atoms with van der Waals surface area (Å²) in [6.45, 7) is 7.71. The van der Waals surface area contributed by atoms with Gasteiger partial charge in [0.25, 0.3) is 0 Å². The Morgan fingerprint density at radius 1 is 1.08 bits per heavy atom. The summed E-state index contributed by atoms with van der Waals surface area (Å²) in [6, 6.07) is 10.3. The minimum atomic E-state index is -0.692. The van der Waals surface area contributed by atoms with Crippen molar-refractivity contribution in [3.63, 3.8) is 0 Å². The number of phenolic OH excluding ortho intramolecular Hbond substituents is 2. The maximum absolute atomic E-state index is 10.2. The lowest BCUT2D eigenvalue weighted by Gasteiger charge is -2.21. The molecule has 0 amide bonds. The van der Waals surface area contributed by atoms with Gasteiger partial charge in [0, 0.05) is 17.7 Å². The van der Waals surface area contributed by atoms with Gasteiger partial charge in [0.15, 0.2) is 0 Å². The predicted molar refractivity (Wildman–Crippen MR) is 95.2 cm³/mol. The number of hydrogen-bond acceptors (Lipinski definition) is 4. The predicted octanol–water partition coefficient (Wildman–Crippen LogP) is 3.95. The van der Waals surface area contributed by atoms with E-state index in [1.54, 1.807) is 37.3 Å². The summed E-state index contributed by atoms with van der Waals surface area (Å²) in [5, 5.41) is 30.4. The van der Waals surface area contributed by atoms with Crippen LogP contribution < -0.4 is 0 Å². The monoisotopic (exact) mass is 328 g/mol. The molecule has 0 radical (unpaired) electrons. The van der Waals surface area contributed by atoms with Crippen LogP contribution in [0.3, 0.4) is 0 Å². The standard InChI is InChI=1S/C20H24O4/c1-4-6-14-7-9-18(22)16(11-14)17-12-15(8-10-19(17)23)20(13(3)21)24-5-2/h4,7-13,20-23H,1,5-6H2,2-3H3/t13-,20+/m0/s1. The van der Waals surface area contributed by atoms with E-state index < -0.39 is 12.2 Å². The van der Waals surface area contributed by atoms with Crippen molar-refractivity contribution in [1.29, 1.82) is 0 Å². The first-order chi connectivity index (χ1) is 11.5. The highest BCUT2D eigenvalue weighted by Gasteiger charge is 2.20. The fourth-order valence-electron chi connectivity index (χ4n) is 2.73. The van der Waals surface area contributed by atoms with Gasteiger partial charge in [-0.15, -0.1) is 6.58 Å². The highest BCUT2D eigenvalue weighted by Crippen LogP contribution is 2.38. The zero-order valence-corrected chi connectivity index (χ0v) is 14.1. The van der Waals surface area contributed by atoms with Gasteiger partial charge in [-0.1, -0.05) is 18.2 Å². The van der Waals surface area contributed by atoms with E-state index in [1.807, 2.05) is 19.1 Å². The molecule has 0 spiro atoms. The Bertz CT molecular complexity index is 707. The van der Waals surface area contributed by atoms with Crippen molar-refractivity contribution in [3.8, 4) is 22.6 Å². The Hall–Kier alpha value is -2.30. The summed E-state index contributed by atoms with van der Waals surface area (Å²) in [4.78, 5) is 0. The molecule has 24 heavy (non-hydrogen) atoms. The third-order valence-electron chi connectivity index (χ3n) is 3.86. The highest BCUT2D eigenvalue weighted by molar-refractivity contribution is 5.76. The van der Waals surface area contributed by atoms with Crippen molar-refractivity contribution in [2.45, 2.75) is 32.5 Å². The molecule has 128 valence electrons. The number of aliphatic hydroxyl groups is 1. The van der Waals surface area contributed by atoms with Gasteiger partial charge in [-0.05, 0) is 55.7 Å². The SMILES string of the molecule is C=CCc1ccc(O)c(-c2cc([C@H](OCC)[C@H](C)O)ccc2O)c1. The smallest absolute Gasteiger partial charge is 0.123 e. The van der Waals surface area contributed by atoms with Crippen LogP contribution in [0.5, 0.6) is 11.5 Å². The van der Waals surface area contributed by atoms with E-state index in [9.17, 15) is 15.3 Å². The normalized spacial score (nSPS) is 13.5. The molecule has 4 heteroatoms. The van der Waals surface area contributed by atoms with Gasteiger partial charge in [0.1, 0.15) is 17.6 Å². The van der Waals surface area contributed by atoms with Crippen LogP contribution in [0.2, 0.25) is 0 Å². The van der Waals surface area contributed by atoms with Gasteiger partial charge >= 0.3 is 0 Å². The number of ether oxygens (including phenoxy) is 1. The van der Waals surface area contributed by atoms with Crippen molar-refractivity contribution in [1.82, 2.24) is 0 Å². The molecule has 3 N–H and O–H groups in total. The molecular formula is C20H24O4. The summed E-state index contributed by atoms with van der Waals surface area (Å²) >= 11 is 0. The highest BCUT2D eigenvalue weighted by atomic mass is 16.5. The number of phenols is 2. The van der Waals surface area contributed by atoms with Crippen molar-refractivity contribution < 1.29 is 20.1 Å². The maximum atomic E-state index is 10.2. The van der Waals surface area contributed by atoms with E-state index in [0.29, 0.717) is 24.2 Å². The van der Waals surface area contributed by atoms with Crippen LogP contribution in [0.25, 0.3) is 11.1 Å². The Morgan fingerprint density at radius 2 is 1.71 bits per heavy atom. The van der Waals surface area contributed by atoms with Gasteiger partial charge in [-0.3, -0.25) is 0 Å². The molecule has 0 aliphatic heterocycles. The molecule has 4 nitrogen and oxygen atoms in total. The van der Waals surface area contributed by atoms with Gasteiger partial charge in [-0.2, -0.15) is 0 Å². The van der Waals surface area contributed by atoms with Crippen molar-refractivity contribution in [2.75, 3.05) is 6.61 Å². The molecule has 0 saturated heterocycles. The fraction of sp³-hybridized carbons (Fsp3) is 0.300. The summed E-state index contributed by atoms with van der Waals surface area (Å²) in [6.07, 6.45) is 1.27. The molecule has 0 aliphatic carbocycles. The van der Waals surface area contributed by atoms with Crippen LogP contribution >= 0.6 is 0 Å². The van der Waals surface area contributed by atoms with Gasteiger partial charge < -0.3 is 20.1 Å². The molecule has 2 aromatic carbocycles. The van der Waals surface area contributed by atoms with Gasteiger partial charge in [-0.25, -0.2) is 0 Å². The fourth-order valence-corrected chi connectivity index (χ4v) is 2.73. The zero-order chi connectivity index (χ0) is 17.7. The van der Waals surface area contributed by atoms with E-state index in [1.165, 1.54) is 0 Å². The number of rotatable bonds is 7. The maximum Gasteiger partial charge on any atom is 0.123 e. The number of aromatic hydroxyl groups is 2. The van der Waals surface area contributed by atoms with E-state index >= 15 is 0 Å². The van der Waals surface area contributed by atoms with Crippen LogP contribution in [0.4, 0.5) is 0 Å². The Morgan fingerprint density at radius 3 is 2.29 bits per heavy atom. The average Bonchev–Trinajstić information content (AvgIpc) is 2.55. The molecule has 0 unspecified atom stereocenters. The van der Waals surface area contributed by atoms with E-state index in [0.717, 1.165) is 11.1 Å². The Balaban J connectivity index is 2.52. The van der Waals surface area contributed by atoms with Crippen molar-refractivity contribution >= 4 is 0 Å². The third kappa shape index (κ3) is 3.96. The summed E-state index contributed by atoms with van der Waals surface area (Å²) in [5.41, 5.74) is 2.77. The quantitative estimate of drug-likeness (QED) is 0.673. The average molecular weight is 328 g/mol. The number of aliphatic hydroxyl groups excluding tert-OH is 1. The van der Waals surface area contributed by atoms with Gasteiger partial charge in [0.05, 0.1) is 6.10 Å². The van der Waals surface area contributed by atoms with Crippen molar-refractivity contribution in [2.24, 2.45) is 0 Å². The second-order valence-electron chi connectivity index (χ2n) is 5.74. The largest absolute Gasteiger partial charge is 0.507 e. The van der Waals surface area contributed by atoms with Crippen LogP contribution in [-0.2, 0) is 11.2 Å². The molecule has 0 saturated carbocycles. The number of hydrogen-bond donors (Lipinski definition) is 3. The van der Waals surface area contributed by atoms with Crippen LogP contribution in [0.15, 0.2) is 49.1 Å². The molecule has 0 aliphatic rings. The second kappa shape index (κ2) is 7.99. The summed E-state index contributed by atoms with van der Waals surface area (Å²) in [5.74, 6) is 0.144. The molecule has 0 heterocycles. The molecule has 2 aromatic rings. The minimum Gasteiger partial charge on any atom is -0.507 e. The lowest BCUT2D eigenvalue weighted by atomic mass is 9.95. The first kappa shape index (κ1) is 18.0. The molecule has 0 aromatic heterocycles. The van der Waals surface area contributed by atoms with Gasteiger partial charge in [0.2, 0.25) is 0 Å². The van der Waals surface area contributed by atoms with Crippen LogP contribution in [0.1, 0.15) is 31.1 Å². The third-order valence-corrected chi connectivity index (χ3v) is 3.86. The van der Waals surface area contributed by atoms with E-state index in [4.69, 9.17) is 4.74 Å². The van der Waals surface area contributed by atoms with Crippen molar-refractivity contribution in [3.05, 3.63) is 60.2 Å². The molecular weight excluding hydrogens is 304 g/mol. The first-order valence-corrected chi connectivity index (χ1v) is 8.03. The first-order valence-electron chi connectivity index (χ1n) is 8.03. The topological polar surface area (TPSA) is 69.9 Å². The summed E-state index contributed by atoms with van der Waals surface area (Å²) in [7, 11) is 0. The molecule has 2 atom stereocenters. The van der Waals surface area contributed by atoms with E-state index in [-0.39, 0.29) is 11.5 Å². The molecule has 0 bridgehead atoms. The number of benzene rings is 2. The Kier molecular flexibility index (Phi) is 6.01. The zero-order valence-electron chi connectivity index (χ0n) is 14.1. The Labute approximate surface area is 142 Å². The van der Waals surface area contributed by atoms with E-state index in [2.05, 4.69) is 6.58 Å².